The van der Waals surface area contributed by atoms with Crippen LogP contribution in [0.4, 0.5) is 0 Å². The molecule has 8 heteroatoms. The summed E-state index contributed by atoms with van der Waals surface area (Å²) in [5.41, 5.74) is 10.00. The summed E-state index contributed by atoms with van der Waals surface area (Å²) in [6, 6.07) is 16.9. The molecule has 2 heterocycles. The van der Waals surface area contributed by atoms with Gasteiger partial charge in [-0.1, -0.05) is 29.8 Å². The molecule has 3 N–H and O–H groups in total. The summed E-state index contributed by atoms with van der Waals surface area (Å²) >= 11 is 0. The second-order valence-electron chi connectivity index (χ2n) is 7.37. The van der Waals surface area contributed by atoms with Crippen molar-refractivity contribution in [2.24, 2.45) is 5.73 Å². The molecule has 0 aliphatic rings. The van der Waals surface area contributed by atoms with Crippen molar-refractivity contribution in [3.05, 3.63) is 83.4 Å². The molecule has 0 spiro atoms. The molecule has 0 saturated carbocycles. The second-order valence-corrected chi connectivity index (χ2v) is 7.37. The molecule has 160 valence electrons. The van der Waals surface area contributed by atoms with Gasteiger partial charge in [0.1, 0.15) is 11.5 Å². The zero-order valence-electron chi connectivity index (χ0n) is 17.7. The van der Waals surface area contributed by atoms with Crippen molar-refractivity contribution in [3.8, 4) is 34.6 Å². The van der Waals surface area contributed by atoms with Crippen molar-refractivity contribution in [2.75, 3.05) is 6.54 Å². The SMILES string of the molecule is Cc1ccc(-c2cc(Oc3cc(C#N)ccc3-n3cc(C(O)CN)cn3)nc(C)n2)cc1. The maximum Gasteiger partial charge on any atom is 0.223 e. The van der Waals surface area contributed by atoms with Crippen molar-refractivity contribution in [3.63, 3.8) is 0 Å². The Morgan fingerprint density at radius 3 is 2.62 bits per heavy atom. The van der Waals surface area contributed by atoms with E-state index in [1.54, 1.807) is 48.3 Å². The highest BCUT2D eigenvalue weighted by Crippen LogP contribution is 2.31. The van der Waals surface area contributed by atoms with E-state index in [1.165, 1.54) is 0 Å². The van der Waals surface area contributed by atoms with Crippen LogP contribution in [0, 0.1) is 25.2 Å². The predicted molar refractivity (Wildman–Crippen MR) is 119 cm³/mol. The van der Waals surface area contributed by atoms with Crippen LogP contribution in [0.1, 0.15) is 28.6 Å². The molecule has 0 radical (unpaired) electrons. The molecule has 0 aliphatic heterocycles. The van der Waals surface area contributed by atoms with Crippen molar-refractivity contribution in [1.29, 1.82) is 5.26 Å². The summed E-state index contributed by atoms with van der Waals surface area (Å²) in [5.74, 6) is 1.30. The minimum absolute atomic E-state index is 0.0877. The van der Waals surface area contributed by atoms with Gasteiger partial charge in [-0.15, -0.1) is 0 Å². The Morgan fingerprint density at radius 1 is 1.12 bits per heavy atom. The Bertz CT molecular complexity index is 1290. The smallest absolute Gasteiger partial charge is 0.223 e. The number of nitriles is 1. The Balaban J connectivity index is 1.73. The Kier molecular flexibility index (Phi) is 5.94. The number of nitrogens with zero attached hydrogens (tertiary/aromatic N) is 5. The molecule has 8 nitrogen and oxygen atoms in total. The third kappa shape index (κ3) is 4.49. The van der Waals surface area contributed by atoms with Gasteiger partial charge in [0.15, 0.2) is 5.75 Å². The normalized spacial score (nSPS) is 11.7. The standard InChI is InChI=1S/C24H22N6O2/c1-15-3-6-18(7-4-15)20-10-24(29-16(2)28-20)32-23-9-17(11-25)5-8-21(23)30-14-19(13-27-30)22(31)12-26/h3-10,13-14,22,31H,12,26H2,1-2H3. The minimum atomic E-state index is -0.812. The molecule has 0 amide bonds. The van der Waals surface area contributed by atoms with E-state index in [0.29, 0.717) is 34.3 Å². The number of aryl methyl sites for hydroxylation is 2. The van der Waals surface area contributed by atoms with E-state index < -0.39 is 6.10 Å². The zero-order valence-corrected chi connectivity index (χ0v) is 17.7. The maximum absolute atomic E-state index is 9.99. The fraction of sp³-hybridized carbons (Fsp3) is 0.167. The van der Waals surface area contributed by atoms with Crippen LogP contribution >= 0.6 is 0 Å². The van der Waals surface area contributed by atoms with E-state index >= 15 is 0 Å². The zero-order chi connectivity index (χ0) is 22.7. The van der Waals surface area contributed by atoms with Gasteiger partial charge in [0, 0.05) is 36.0 Å². The van der Waals surface area contributed by atoms with Crippen molar-refractivity contribution >= 4 is 0 Å². The molecule has 2 aromatic heterocycles. The highest BCUT2D eigenvalue weighted by molar-refractivity contribution is 5.61. The quantitative estimate of drug-likeness (QED) is 0.483. The van der Waals surface area contributed by atoms with Gasteiger partial charge in [0.2, 0.25) is 5.88 Å². The molecule has 1 unspecified atom stereocenters. The molecule has 0 aliphatic carbocycles. The van der Waals surface area contributed by atoms with Gasteiger partial charge in [-0.2, -0.15) is 15.3 Å². The van der Waals surface area contributed by atoms with Crippen molar-refractivity contribution < 1.29 is 9.84 Å². The summed E-state index contributed by atoms with van der Waals surface area (Å²) in [4.78, 5) is 8.93. The van der Waals surface area contributed by atoms with Crippen molar-refractivity contribution in [2.45, 2.75) is 20.0 Å². The van der Waals surface area contributed by atoms with Gasteiger partial charge >= 0.3 is 0 Å². The lowest BCUT2D eigenvalue weighted by Crippen LogP contribution is -2.10. The summed E-state index contributed by atoms with van der Waals surface area (Å²) in [5, 5.41) is 23.7. The summed E-state index contributed by atoms with van der Waals surface area (Å²) in [6.07, 6.45) is 2.41. The van der Waals surface area contributed by atoms with Crippen LogP contribution in [0.5, 0.6) is 11.6 Å². The molecule has 0 fully saturated rings. The lowest BCUT2D eigenvalue weighted by atomic mass is 10.1. The summed E-state index contributed by atoms with van der Waals surface area (Å²) < 4.78 is 7.69. The number of nitrogens with two attached hydrogens (primary N) is 1. The Labute approximate surface area is 185 Å². The molecule has 32 heavy (non-hydrogen) atoms. The molecule has 4 rings (SSSR count). The topological polar surface area (TPSA) is 123 Å². The predicted octanol–water partition coefficient (Wildman–Crippen LogP) is 3.60. The average Bonchev–Trinajstić information content (AvgIpc) is 3.28. The molecule has 2 aromatic carbocycles. The fourth-order valence-corrected chi connectivity index (χ4v) is 3.21. The lowest BCUT2D eigenvalue weighted by molar-refractivity contribution is 0.186. The van der Waals surface area contributed by atoms with Crippen LogP contribution < -0.4 is 10.5 Å². The van der Waals surface area contributed by atoms with Gasteiger partial charge in [0.25, 0.3) is 0 Å². The molecule has 4 aromatic rings. The van der Waals surface area contributed by atoms with E-state index in [0.717, 1.165) is 16.8 Å². The van der Waals surface area contributed by atoms with Crippen molar-refractivity contribution in [1.82, 2.24) is 19.7 Å². The number of ether oxygens (including phenoxy) is 1. The van der Waals surface area contributed by atoms with E-state index in [9.17, 15) is 10.4 Å². The van der Waals surface area contributed by atoms with Crippen LogP contribution in [0.25, 0.3) is 16.9 Å². The Hall–Kier alpha value is -4.06. The van der Waals surface area contributed by atoms with E-state index in [1.807, 2.05) is 31.2 Å². The largest absolute Gasteiger partial charge is 0.437 e. The molecule has 0 bridgehead atoms. The van der Waals surface area contributed by atoms with Gasteiger partial charge in [-0.3, -0.25) is 0 Å². The van der Waals surface area contributed by atoms with Gasteiger partial charge in [-0.25, -0.2) is 9.67 Å². The number of aromatic nitrogens is 4. The first-order chi connectivity index (χ1) is 15.5. The first-order valence-electron chi connectivity index (χ1n) is 10.0. The first kappa shape index (κ1) is 21.2. The fourth-order valence-electron chi connectivity index (χ4n) is 3.21. The highest BCUT2D eigenvalue weighted by Gasteiger charge is 2.15. The van der Waals surface area contributed by atoms with E-state index in [4.69, 9.17) is 10.5 Å². The molecule has 1 atom stereocenters. The van der Waals surface area contributed by atoms with Crippen LogP contribution in [-0.4, -0.2) is 31.4 Å². The van der Waals surface area contributed by atoms with Crippen LogP contribution in [0.15, 0.2) is 60.9 Å². The average molecular weight is 426 g/mol. The van der Waals surface area contributed by atoms with Crippen LogP contribution in [0.2, 0.25) is 0 Å². The number of benzene rings is 2. The van der Waals surface area contributed by atoms with Crippen LogP contribution in [0.3, 0.4) is 0 Å². The van der Waals surface area contributed by atoms with Gasteiger partial charge in [0.05, 0.1) is 29.6 Å². The van der Waals surface area contributed by atoms with Gasteiger partial charge < -0.3 is 15.6 Å². The molecule has 0 saturated heterocycles. The van der Waals surface area contributed by atoms with Gasteiger partial charge in [-0.05, 0) is 26.0 Å². The van der Waals surface area contributed by atoms with E-state index in [2.05, 4.69) is 21.1 Å². The van der Waals surface area contributed by atoms with E-state index in [-0.39, 0.29) is 6.54 Å². The summed E-state index contributed by atoms with van der Waals surface area (Å²) in [6.45, 7) is 3.91. The monoisotopic (exact) mass is 426 g/mol. The third-order valence-electron chi connectivity index (χ3n) is 4.92. The lowest BCUT2D eigenvalue weighted by Gasteiger charge is -2.12. The second kappa shape index (κ2) is 8.98. The summed E-state index contributed by atoms with van der Waals surface area (Å²) in [7, 11) is 0. The number of aliphatic hydroxyl groups excluding tert-OH is 1. The number of aliphatic hydroxyl groups is 1. The number of hydrogen-bond acceptors (Lipinski definition) is 7. The highest BCUT2D eigenvalue weighted by atomic mass is 16.5. The Morgan fingerprint density at radius 2 is 1.91 bits per heavy atom. The minimum Gasteiger partial charge on any atom is -0.437 e. The number of hydrogen-bond donors (Lipinski definition) is 2. The van der Waals surface area contributed by atoms with Crippen LogP contribution in [-0.2, 0) is 0 Å². The third-order valence-corrected chi connectivity index (χ3v) is 4.92. The number of rotatable bonds is 6. The molecular weight excluding hydrogens is 404 g/mol. The first-order valence-corrected chi connectivity index (χ1v) is 10.0. The molecular formula is C24H22N6O2. The maximum atomic E-state index is 9.99.